The highest BCUT2D eigenvalue weighted by molar-refractivity contribution is 5.80. The van der Waals surface area contributed by atoms with E-state index >= 15 is 0 Å². The fraction of sp³-hybridized carbons (Fsp3) is 0.455. The lowest BCUT2D eigenvalue weighted by atomic mass is 10.3. The lowest BCUT2D eigenvalue weighted by Gasteiger charge is -2.01. The van der Waals surface area contributed by atoms with Gasteiger partial charge >= 0.3 is 11.7 Å². The molecule has 1 N–H and O–H groups in total. The quantitative estimate of drug-likeness (QED) is 0.773. The minimum atomic E-state index is -0.979. The molecule has 0 amide bonds. The van der Waals surface area contributed by atoms with Crippen LogP contribution in [-0.2, 0) is 11.3 Å². The second-order valence-corrected chi connectivity index (χ2v) is 4.18. The van der Waals surface area contributed by atoms with Crippen molar-refractivity contribution in [1.82, 2.24) is 9.13 Å². The van der Waals surface area contributed by atoms with E-state index in [0.29, 0.717) is 18.2 Å². The first-order chi connectivity index (χ1) is 7.58. The van der Waals surface area contributed by atoms with E-state index in [1.165, 1.54) is 4.57 Å². The van der Waals surface area contributed by atoms with Crippen LogP contribution in [0.1, 0.15) is 25.8 Å². The van der Waals surface area contributed by atoms with Gasteiger partial charge in [0.25, 0.3) is 0 Å². The van der Waals surface area contributed by atoms with E-state index in [-0.39, 0.29) is 5.69 Å². The fourth-order valence-corrected chi connectivity index (χ4v) is 1.70. The van der Waals surface area contributed by atoms with Crippen LogP contribution >= 0.6 is 0 Å². The van der Waals surface area contributed by atoms with Gasteiger partial charge in [-0.1, -0.05) is 0 Å². The SMILES string of the molecule is C/C(=C/C(=O)O)Cn1ccn(C2CC2)c1=O. The van der Waals surface area contributed by atoms with E-state index in [2.05, 4.69) is 0 Å². The summed E-state index contributed by atoms with van der Waals surface area (Å²) in [6.45, 7) is 2.04. The average molecular weight is 222 g/mol. The molecule has 1 aromatic heterocycles. The molecule has 0 atom stereocenters. The van der Waals surface area contributed by atoms with Crippen LogP contribution in [0.4, 0.5) is 0 Å². The lowest BCUT2D eigenvalue weighted by Crippen LogP contribution is -2.23. The molecule has 0 aliphatic heterocycles. The fourth-order valence-electron chi connectivity index (χ4n) is 1.70. The van der Waals surface area contributed by atoms with Gasteiger partial charge in [0.1, 0.15) is 0 Å². The molecule has 1 heterocycles. The number of hydrogen-bond acceptors (Lipinski definition) is 2. The summed E-state index contributed by atoms with van der Waals surface area (Å²) in [7, 11) is 0. The summed E-state index contributed by atoms with van der Waals surface area (Å²) < 4.78 is 3.25. The van der Waals surface area contributed by atoms with Gasteiger partial charge in [0.2, 0.25) is 0 Å². The van der Waals surface area contributed by atoms with Crippen LogP contribution in [0.3, 0.4) is 0 Å². The van der Waals surface area contributed by atoms with Gasteiger partial charge in [-0.15, -0.1) is 0 Å². The van der Waals surface area contributed by atoms with Crippen LogP contribution in [0.2, 0.25) is 0 Å². The molecule has 0 spiro atoms. The van der Waals surface area contributed by atoms with Crippen molar-refractivity contribution in [3.05, 3.63) is 34.5 Å². The zero-order valence-corrected chi connectivity index (χ0v) is 9.09. The van der Waals surface area contributed by atoms with Crippen molar-refractivity contribution in [1.29, 1.82) is 0 Å². The predicted octanol–water partition coefficient (Wildman–Crippen LogP) is 1.02. The summed E-state index contributed by atoms with van der Waals surface area (Å²) in [6, 6.07) is 0.359. The molecule has 0 unspecified atom stereocenters. The molecular formula is C11H14N2O3. The third kappa shape index (κ3) is 2.24. The third-order valence-corrected chi connectivity index (χ3v) is 2.60. The number of carboxylic acid groups (broad SMARTS) is 1. The molecule has 1 fully saturated rings. The Morgan fingerprint density at radius 2 is 2.25 bits per heavy atom. The number of hydrogen-bond donors (Lipinski definition) is 1. The summed E-state index contributed by atoms with van der Waals surface area (Å²) in [4.78, 5) is 22.3. The Kier molecular flexibility index (Phi) is 2.68. The third-order valence-electron chi connectivity index (χ3n) is 2.60. The Hall–Kier alpha value is -1.78. The topological polar surface area (TPSA) is 64.2 Å². The first-order valence-corrected chi connectivity index (χ1v) is 5.25. The normalized spacial score (nSPS) is 16.4. The van der Waals surface area contributed by atoms with Crippen molar-refractivity contribution in [2.45, 2.75) is 32.4 Å². The molecule has 1 aliphatic carbocycles. The van der Waals surface area contributed by atoms with E-state index in [9.17, 15) is 9.59 Å². The molecule has 2 rings (SSSR count). The Balaban J connectivity index is 2.16. The van der Waals surface area contributed by atoms with Gasteiger partial charge in [-0.2, -0.15) is 0 Å². The molecule has 1 aromatic rings. The molecule has 86 valence electrons. The largest absolute Gasteiger partial charge is 0.478 e. The summed E-state index contributed by atoms with van der Waals surface area (Å²) in [6.07, 6.45) is 6.73. The van der Waals surface area contributed by atoms with Crippen LogP contribution in [-0.4, -0.2) is 20.2 Å². The van der Waals surface area contributed by atoms with E-state index in [0.717, 1.165) is 18.9 Å². The molecule has 16 heavy (non-hydrogen) atoms. The summed E-state index contributed by atoms with van der Waals surface area (Å²) in [5.74, 6) is -0.979. The maximum absolute atomic E-state index is 11.8. The van der Waals surface area contributed by atoms with E-state index in [1.54, 1.807) is 23.9 Å². The maximum Gasteiger partial charge on any atom is 0.328 e. The number of nitrogens with zero attached hydrogens (tertiary/aromatic N) is 2. The molecule has 5 nitrogen and oxygen atoms in total. The van der Waals surface area contributed by atoms with Crippen molar-refractivity contribution in [3.63, 3.8) is 0 Å². The van der Waals surface area contributed by atoms with Crippen molar-refractivity contribution in [2.24, 2.45) is 0 Å². The van der Waals surface area contributed by atoms with Gasteiger partial charge in [0.15, 0.2) is 0 Å². The monoisotopic (exact) mass is 222 g/mol. The Morgan fingerprint density at radius 3 is 2.81 bits per heavy atom. The zero-order valence-electron chi connectivity index (χ0n) is 9.09. The minimum absolute atomic E-state index is 0.0550. The van der Waals surface area contributed by atoms with Crippen LogP contribution in [0, 0.1) is 0 Å². The van der Waals surface area contributed by atoms with Crippen LogP contribution in [0.5, 0.6) is 0 Å². The number of rotatable bonds is 4. The Bertz CT molecular complexity index is 492. The Morgan fingerprint density at radius 1 is 1.56 bits per heavy atom. The first kappa shape index (κ1) is 10.7. The average Bonchev–Trinajstić information content (AvgIpc) is 2.94. The second-order valence-electron chi connectivity index (χ2n) is 4.18. The molecule has 1 saturated carbocycles. The van der Waals surface area contributed by atoms with Crippen molar-refractivity contribution < 1.29 is 9.90 Å². The van der Waals surface area contributed by atoms with Crippen LogP contribution in [0.25, 0.3) is 0 Å². The van der Waals surface area contributed by atoms with Crippen molar-refractivity contribution in [2.75, 3.05) is 0 Å². The molecule has 0 radical (unpaired) electrons. The molecular weight excluding hydrogens is 208 g/mol. The molecule has 0 saturated heterocycles. The number of allylic oxidation sites excluding steroid dienone is 1. The van der Waals surface area contributed by atoms with Gasteiger partial charge in [0.05, 0.1) is 0 Å². The number of imidazole rings is 1. The summed E-state index contributed by atoms with van der Waals surface area (Å²) in [5.41, 5.74) is 0.601. The van der Waals surface area contributed by atoms with Gasteiger partial charge in [0, 0.05) is 31.1 Å². The van der Waals surface area contributed by atoms with E-state index < -0.39 is 5.97 Å². The number of carbonyl (C=O) groups is 1. The highest BCUT2D eigenvalue weighted by atomic mass is 16.4. The van der Waals surface area contributed by atoms with Gasteiger partial charge < -0.3 is 5.11 Å². The van der Waals surface area contributed by atoms with E-state index in [4.69, 9.17) is 5.11 Å². The molecule has 0 aromatic carbocycles. The maximum atomic E-state index is 11.8. The van der Waals surface area contributed by atoms with E-state index in [1.807, 2.05) is 0 Å². The smallest absolute Gasteiger partial charge is 0.328 e. The van der Waals surface area contributed by atoms with Crippen LogP contribution in [0.15, 0.2) is 28.8 Å². The van der Waals surface area contributed by atoms with Gasteiger partial charge in [-0.25, -0.2) is 9.59 Å². The lowest BCUT2D eigenvalue weighted by molar-refractivity contribution is -0.131. The first-order valence-electron chi connectivity index (χ1n) is 5.25. The Labute approximate surface area is 92.6 Å². The summed E-state index contributed by atoms with van der Waals surface area (Å²) >= 11 is 0. The predicted molar refractivity (Wildman–Crippen MR) is 58.4 cm³/mol. The molecule has 1 aliphatic rings. The molecule has 0 bridgehead atoms. The van der Waals surface area contributed by atoms with Gasteiger partial charge in [-0.05, 0) is 25.3 Å². The standard InChI is InChI=1S/C11H14N2O3/c1-8(6-10(14)15)7-12-4-5-13(11(12)16)9-2-3-9/h4-6,9H,2-3,7H2,1H3,(H,14,15)/b8-6-. The van der Waals surface area contributed by atoms with Gasteiger partial charge in [-0.3, -0.25) is 9.13 Å². The van der Waals surface area contributed by atoms with Crippen molar-refractivity contribution >= 4 is 5.97 Å². The molecule has 5 heteroatoms. The second kappa shape index (κ2) is 4.00. The van der Waals surface area contributed by atoms with Crippen LogP contribution < -0.4 is 5.69 Å². The zero-order chi connectivity index (χ0) is 11.7. The highest BCUT2D eigenvalue weighted by Gasteiger charge is 2.25. The number of aliphatic carboxylic acids is 1. The summed E-state index contributed by atoms with van der Waals surface area (Å²) in [5, 5.41) is 8.57. The minimum Gasteiger partial charge on any atom is -0.478 e. The number of aromatic nitrogens is 2. The highest BCUT2D eigenvalue weighted by Crippen LogP contribution is 2.33. The number of carboxylic acids is 1. The van der Waals surface area contributed by atoms with Crippen molar-refractivity contribution in [3.8, 4) is 0 Å².